The summed E-state index contributed by atoms with van der Waals surface area (Å²) in [6.07, 6.45) is 0. The van der Waals surface area contributed by atoms with E-state index in [0.29, 0.717) is 21.8 Å². The Balaban J connectivity index is 1.88. The van der Waals surface area contributed by atoms with Gasteiger partial charge in [0, 0.05) is 36.8 Å². The molecule has 2 aromatic carbocycles. The van der Waals surface area contributed by atoms with Gasteiger partial charge >= 0.3 is 5.97 Å². The van der Waals surface area contributed by atoms with Crippen LogP contribution < -0.4 is 10.2 Å². The molecule has 0 spiro atoms. The standard InChI is InChI=1S/C21H24ClN3O3/c1-3-24-10-12-25(13-11-24)19-9-6-16(21(27)28-2)14-18(19)23-20(26)15-4-7-17(22)8-5-15/h4-9,14H,3,10-13H2,1-2H3,(H,23,26). The Labute approximate surface area is 170 Å². The molecule has 1 saturated heterocycles. The van der Waals surface area contributed by atoms with Crippen LogP contribution in [0, 0.1) is 0 Å². The summed E-state index contributed by atoms with van der Waals surface area (Å²) >= 11 is 5.90. The van der Waals surface area contributed by atoms with Crippen molar-refractivity contribution in [1.29, 1.82) is 0 Å². The summed E-state index contributed by atoms with van der Waals surface area (Å²) in [4.78, 5) is 29.3. The minimum atomic E-state index is -0.440. The van der Waals surface area contributed by atoms with Gasteiger partial charge in [0.1, 0.15) is 0 Å². The fourth-order valence-corrected chi connectivity index (χ4v) is 3.38. The number of esters is 1. The Bertz CT molecular complexity index is 846. The van der Waals surface area contributed by atoms with Crippen molar-refractivity contribution in [1.82, 2.24) is 4.90 Å². The summed E-state index contributed by atoms with van der Waals surface area (Å²) in [5.41, 5.74) is 2.37. The van der Waals surface area contributed by atoms with Crippen molar-refractivity contribution in [3.05, 3.63) is 58.6 Å². The molecule has 1 N–H and O–H groups in total. The molecular formula is C21H24ClN3O3. The minimum absolute atomic E-state index is 0.257. The van der Waals surface area contributed by atoms with Gasteiger partial charge in [-0.25, -0.2) is 4.79 Å². The van der Waals surface area contributed by atoms with Crippen LogP contribution in [0.3, 0.4) is 0 Å². The molecule has 7 heteroatoms. The summed E-state index contributed by atoms with van der Waals surface area (Å²) in [5.74, 6) is -0.698. The Kier molecular flexibility index (Phi) is 6.54. The van der Waals surface area contributed by atoms with Gasteiger partial charge < -0.3 is 19.9 Å². The third kappa shape index (κ3) is 4.64. The van der Waals surface area contributed by atoms with E-state index in [1.807, 2.05) is 6.07 Å². The molecule has 2 aromatic rings. The SMILES string of the molecule is CCN1CCN(c2ccc(C(=O)OC)cc2NC(=O)c2ccc(Cl)cc2)CC1. The monoisotopic (exact) mass is 401 g/mol. The Morgan fingerprint density at radius 1 is 1.04 bits per heavy atom. The van der Waals surface area contributed by atoms with Crippen LogP contribution in [0.4, 0.5) is 11.4 Å². The van der Waals surface area contributed by atoms with Crippen LogP contribution in [0.2, 0.25) is 5.02 Å². The minimum Gasteiger partial charge on any atom is -0.465 e. The fourth-order valence-electron chi connectivity index (χ4n) is 3.26. The topological polar surface area (TPSA) is 61.9 Å². The number of halogens is 1. The number of nitrogens with one attached hydrogen (secondary N) is 1. The van der Waals surface area contributed by atoms with Crippen LogP contribution in [-0.4, -0.2) is 56.6 Å². The third-order valence-electron chi connectivity index (χ3n) is 4.93. The lowest BCUT2D eigenvalue weighted by molar-refractivity contribution is 0.0600. The lowest BCUT2D eigenvalue weighted by Crippen LogP contribution is -2.46. The molecule has 28 heavy (non-hydrogen) atoms. The van der Waals surface area contributed by atoms with Crippen molar-refractivity contribution in [2.24, 2.45) is 0 Å². The number of amides is 1. The maximum atomic E-state index is 12.7. The third-order valence-corrected chi connectivity index (χ3v) is 5.18. The molecule has 3 rings (SSSR count). The van der Waals surface area contributed by atoms with Crippen molar-refractivity contribution >= 4 is 34.9 Å². The second-order valence-corrected chi connectivity index (χ2v) is 7.04. The number of benzene rings is 2. The number of nitrogens with zero attached hydrogens (tertiary/aromatic N) is 2. The van der Waals surface area contributed by atoms with E-state index in [1.165, 1.54) is 7.11 Å². The van der Waals surface area contributed by atoms with Crippen molar-refractivity contribution in [2.75, 3.05) is 50.1 Å². The number of ether oxygens (including phenoxy) is 1. The average Bonchev–Trinajstić information content (AvgIpc) is 2.73. The zero-order chi connectivity index (χ0) is 20.1. The predicted octanol–water partition coefficient (Wildman–Crippen LogP) is 3.52. The van der Waals surface area contributed by atoms with Crippen molar-refractivity contribution < 1.29 is 14.3 Å². The van der Waals surface area contributed by atoms with E-state index < -0.39 is 5.97 Å². The normalized spacial score (nSPS) is 14.6. The lowest BCUT2D eigenvalue weighted by Gasteiger charge is -2.36. The quantitative estimate of drug-likeness (QED) is 0.777. The van der Waals surface area contributed by atoms with Crippen molar-refractivity contribution in [2.45, 2.75) is 6.92 Å². The van der Waals surface area contributed by atoms with E-state index in [-0.39, 0.29) is 5.91 Å². The van der Waals surface area contributed by atoms with Crippen LogP contribution >= 0.6 is 11.6 Å². The van der Waals surface area contributed by atoms with E-state index in [1.54, 1.807) is 36.4 Å². The first kappa shape index (κ1) is 20.2. The van der Waals surface area contributed by atoms with Crippen molar-refractivity contribution in [3.8, 4) is 0 Å². The van der Waals surface area contributed by atoms with Gasteiger partial charge in [0.25, 0.3) is 5.91 Å². The Morgan fingerprint density at radius 3 is 2.29 bits per heavy atom. The Hall–Kier alpha value is -2.57. The number of likely N-dealkylation sites (N-methyl/N-ethyl adjacent to an activating group) is 1. The second-order valence-electron chi connectivity index (χ2n) is 6.61. The summed E-state index contributed by atoms with van der Waals surface area (Å²) in [7, 11) is 1.34. The molecule has 0 bridgehead atoms. The summed E-state index contributed by atoms with van der Waals surface area (Å²) < 4.78 is 4.82. The highest BCUT2D eigenvalue weighted by atomic mass is 35.5. The smallest absolute Gasteiger partial charge is 0.337 e. The van der Waals surface area contributed by atoms with Gasteiger partial charge in [0.2, 0.25) is 0 Å². The number of hydrogen-bond acceptors (Lipinski definition) is 5. The molecule has 0 unspecified atom stereocenters. The second kappa shape index (κ2) is 9.08. The van der Waals surface area contributed by atoms with Gasteiger partial charge in [-0.1, -0.05) is 18.5 Å². The summed E-state index contributed by atoms with van der Waals surface area (Å²) in [5, 5.41) is 3.51. The molecule has 1 aliphatic heterocycles. The van der Waals surface area contributed by atoms with E-state index in [4.69, 9.17) is 16.3 Å². The van der Waals surface area contributed by atoms with Crippen LogP contribution in [-0.2, 0) is 4.74 Å². The number of methoxy groups -OCH3 is 1. The first-order chi connectivity index (χ1) is 13.5. The highest BCUT2D eigenvalue weighted by molar-refractivity contribution is 6.30. The predicted molar refractivity (Wildman–Crippen MR) is 112 cm³/mol. The maximum Gasteiger partial charge on any atom is 0.337 e. The van der Waals surface area contributed by atoms with Gasteiger partial charge in [-0.05, 0) is 49.0 Å². The largest absolute Gasteiger partial charge is 0.465 e. The summed E-state index contributed by atoms with van der Waals surface area (Å²) in [6.45, 7) is 6.80. The van der Waals surface area contributed by atoms with Crippen LogP contribution in [0.5, 0.6) is 0 Å². The molecule has 0 saturated carbocycles. The first-order valence-electron chi connectivity index (χ1n) is 9.28. The van der Waals surface area contributed by atoms with E-state index in [2.05, 4.69) is 22.0 Å². The van der Waals surface area contributed by atoms with Crippen LogP contribution in [0.1, 0.15) is 27.6 Å². The average molecular weight is 402 g/mol. The number of hydrogen-bond donors (Lipinski definition) is 1. The molecule has 1 amide bonds. The maximum absolute atomic E-state index is 12.7. The summed E-state index contributed by atoms with van der Waals surface area (Å²) in [6, 6.07) is 11.9. The van der Waals surface area contributed by atoms with Gasteiger partial charge in [0.05, 0.1) is 24.0 Å². The van der Waals surface area contributed by atoms with Crippen molar-refractivity contribution in [3.63, 3.8) is 0 Å². The number of anilines is 2. The van der Waals surface area contributed by atoms with Gasteiger partial charge in [-0.3, -0.25) is 4.79 Å². The van der Waals surface area contributed by atoms with Crippen LogP contribution in [0.25, 0.3) is 0 Å². The number of piperazine rings is 1. The zero-order valence-corrected chi connectivity index (χ0v) is 16.8. The number of carbonyl (C=O) groups is 2. The highest BCUT2D eigenvalue weighted by Gasteiger charge is 2.21. The molecule has 6 nitrogen and oxygen atoms in total. The molecule has 148 valence electrons. The first-order valence-corrected chi connectivity index (χ1v) is 9.66. The molecule has 0 aliphatic carbocycles. The molecular weight excluding hydrogens is 378 g/mol. The fraction of sp³-hybridized carbons (Fsp3) is 0.333. The molecule has 1 fully saturated rings. The van der Waals surface area contributed by atoms with Gasteiger partial charge in [0.15, 0.2) is 0 Å². The van der Waals surface area contributed by atoms with E-state index in [0.717, 1.165) is 38.4 Å². The molecule has 0 radical (unpaired) electrons. The van der Waals surface area contributed by atoms with E-state index in [9.17, 15) is 9.59 Å². The van der Waals surface area contributed by atoms with Crippen LogP contribution in [0.15, 0.2) is 42.5 Å². The van der Waals surface area contributed by atoms with Gasteiger partial charge in [-0.15, -0.1) is 0 Å². The molecule has 0 atom stereocenters. The van der Waals surface area contributed by atoms with E-state index >= 15 is 0 Å². The van der Waals surface area contributed by atoms with Gasteiger partial charge in [-0.2, -0.15) is 0 Å². The zero-order valence-electron chi connectivity index (χ0n) is 16.1. The number of carbonyl (C=O) groups excluding carboxylic acids is 2. The number of rotatable bonds is 5. The highest BCUT2D eigenvalue weighted by Crippen LogP contribution is 2.29. The molecule has 0 aromatic heterocycles. The Morgan fingerprint density at radius 2 is 1.68 bits per heavy atom. The lowest BCUT2D eigenvalue weighted by atomic mass is 10.1. The molecule has 1 heterocycles. The molecule has 1 aliphatic rings.